The van der Waals surface area contributed by atoms with Gasteiger partial charge in [0.15, 0.2) is 17.8 Å². The van der Waals surface area contributed by atoms with Gasteiger partial charge in [-0.3, -0.25) is 4.99 Å². The van der Waals surface area contributed by atoms with Crippen LogP contribution in [0.25, 0.3) is 0 Å². The van der Waals surface area contributed by atoms with E-state index in [-0.39, 0.29) is 49.6 Å². The summed E-state index contributed by atoms with van der Waals surface area (Å²) in [7, 11) is -2.34. The first kappa shape index (κ1) is 37.1. The number of hydrogen-bond donors (Lipinski definition) is 2. The van der Waals surface area contributed by atoms with Gasteiger partial charge in [0.2, 0.25) is 16.8 Å². The van der Waals surface area contributed by atoms with Gasteiger partial charge in [-0.2, -0.15) is 4.31 Å². The molecule has 0 unspecified atom stereocenters. The minimum atomic E-state index is -4.07. The standard InChI is InChI=1S/C39H47N3O10S/c1-40-20-28-7-4-8-29(17-28)23-48-30-11-9-26(10-12-30)18-33(41-39(44)52-37-24-49-38-32(37)15-16-47-38)34(43)22-42(21-27-5-2-3-6-27)53(45,46)31-13-14-35-36(19-31)51-25-50-35/h4,7-14,17,19-20,27,32-34,37-38,43H,2-3,5-6,15-16,18,21-25H2,1H3,(H,41,44)/t32-,33-,34+,37-,38+/m0/s1. The minimum absolute atomic E-state index is 0.0178. The minimum Gasteiger partial charge on any atom is -0.489 e. The molecule has 2 N–H and O–H groups in total. The second-order valence-electron chi connectivity index (χ2n) is 14.0. The average Bonchev–Trinajstić information content (AvgIpc) is 3.98. The molecular weight excluding hydrogens is 703 g/mol. The Morgan fingerprint density at radius 3 is 2.64 bits per heavy atom. The Morgan fingerprint density at radius 2 is 1.83 bits per heavy atom. The second kappa shape index (κ2) is 16.9. The van der Waals surface area contributed by atoms with E-state index in [0.717, 1.165) is 48.8 Å². The van der Waals surface area contributed by atoms with Gasteiger partial charge < -0.3 is 38.8 Å². The summed E-state index contributed by atoms with van der Waals surface area (Å²) in [5.74, 6) is 1.57. The summed E-state index contributed by atoms with van der Waals surface area (Å²) >= 11 is 0. The van der Waals surface area contributed by atoms with E-state index in [9.17, 15) is 18.3 Å². The molecule has 1 amide bonds. The Balaban J connectivity index is 1.08. The Hall–Kier alpha value is -4.21. The molecule has 4 aliphatic rings. The number of aliphatic hydroxyl groups is 1. The Kier molecular flexibility index (Phi) is 11.8. The van der Waals surface area contributed by atoms with Crippen LogP contribution in [0.5, 0.6) is 17.2 Å². The number of aliphatic imine (C=N–C) groups is 1. The topological polar surface area (TPSA) is 154 Å². The highest BCUT2D eigenvalue weighted by Gasteiger charge is 2.44. The van der Waals surface area contributed by atoms with E-state index in [0.29, 0.717) is 30.5 Å². The first-order chi connectivity index (χ1) is 25.7. The number of amides is 1. The first-order valence-corrected chi connectivity index (χ1v) is 19.7. The van der Waals surface area contributed by atoms with E-state index >= 15 is 0 Å². The maximum atomic E-state index is 14.2. The highest BCUT2D eigenvalue weighted by atomic mass is 32.2. The summed E-state index contributed by atoms with van der Waals surface area (Å²) in [5.41, 5.74) is 2.79. The van der Waals surface area contributed by atoms with Crippen molar-refractivity contribution < 1.29 is 46.7 Å². The van der Waals surface area contributed by atoms with E-state index in [2.05, 4.69) is 10.3 Å². The fourth-order valence-corrected chi connectivity index (χ4v) is 9.03. The largest absolute Gasteiger partial charge is 0.489 e. The predicted molar refractivity (Wildman–Crippen MR) is 195 cm³/mol. The van der Waals surface area contributed by atoms with E-state index in [1.807, 2.05) is 48.5 Å². The molecule has 3 aromatic carbocycles. The van der Waals surface area contributed by atoms with Crippen LogP contribution in [-0.2, 0) is 37.3 Å². The summed E-state index contributed by atoms with van der Waals surface area (Å²) in [6, 6.07) is 19.0. The Bertz CT molecular complexity index is 1850. The van der Waals surface area contributed by atoms with Crippen molar-refractivity contribution in [1.29, 1.82) is 0 Å². The number of fused-ring (bicyclic) bond motifs is 2. The average molecular weight is 750 g/mol. The molecule has 3 heterocycles. The zero-order valence-corrected chi connectivity index (χ0v) is 30.6. The maximum absolute atomic E-state index is 14.2. The molecule has 3 aromatic rings. The van der Waals surface area contributed by atoms with Crippen LogP contribution < -0.4 is 19.5 Å². The van der Waals surface area contributed by atoms with Crippen LogP contribution >= 0.6 is 0 Å². The van der Waals surface area contributed by atoms with E-state index in [1.54, 1.807) is 19.3 Å². The normalized spacial score (nSPS) is 22.3. The van der Waals surface area contributed by atoms with Gasteiger partial charge in [-0.1, -0.05) is 43.2 Å². The van der Waals surface area contributed by atoms with Gasteiger partial charge in [0.05, 0.1) is 36.2 Å². The fourth-order valence-electron chi connectivity index (χ4n) is 7.48. The summed E-state index contributed by atoms with van der Waals surface area (Å²) in [5, 5.41) is 14.7. The van der Waals surface area contributed by atoms with Crippen molar-refractivity contribution >= 4 is 22.3 Å². The zero-order chi connectivity index (χ0) is 36.8. The first-order valence-electron chi connectivity index (χ1n) is 18.3. The second-order valence-corrected chi connectivity index (χ2v) is 16.0. The van der Waals surface area contributed by atoms with Crippen LogP contribution in [0.3, 0.4) is 0 Å². The summed E-state index contributed by atoms with van der Waals surface area (Å²) < 4.78 is 63.7. The van der Waals surface area contributed by atoms with Gasteiger partial charge in [0.1, 0.15) is 18.5 Å². The number of aliphatic hydroxyl groups excluding tert-OH is 1. The van der Waals surface area contributed by atoms with Crippen LogP contribution in [0.15, 0.2) is 76.6 Å². The lowest BCUT2D eigenvalue weighted by atomic mass is 10.0. The number of carbonyl (C=O) groups is 1. The molecule has 5 atom stereocenters. The third kappa shape index (κ3) is 9.13. The van der Waals surface area contributed by atoms with Gasteiger partial charge in [0, 0.05) is 32.4 Å². The van der Waals surface area contributed by atoms with Crippen LogP contribution in [-0.4, -0.2) is 94.8 Å². The molecule has 53 heavy (non-hydrogen) atoms. The maximum Gasteiger partial charge on any atom is 0.407 e. The molecule has 0 bridgehead atoms. The number of sulfonamides is 1. The zero-order valence-electron chi connectivity index (χ0n) is 29.8. The molecule has 3 aliphatic heterocycles. The predicted octanol–water partition coefficient (Wildman–Crippen LogP) is 4.68. The summed E-state index contributed by atoms with van der Waals surface area (Å²) in [6.07, 6.45) is 3.68. The lowest BCUT2D eigenvalue weighted by Gasteiger charge is -2.31. The van der Waals surface area contributed by atoms with Crippen molar-refractivity contribution in [2.75, 3.05) is 40.1 Å². The van der Waals surface area contributed by atoms with Gasteiger partial charge in [-0.05, 0) is 78.6 Å². The van der Waals surface area contributed by atoms with Crippen LogP contribution in [0, 0.1) is 11.8 Å². The Morgan fingerprint density at radius 1 is 1.02 bits per heavy atom. The molecule has 0 aromatic heterocycles. The van der Waals surface area contributed by atoms with Crippen LogP contribution in [0.2, 0.25) is 0 Å². The molecule has 7 rings (SSSR count). The number of benzene rings is 3. The monoisotopic (exact) mass is 749 g/mol. The number of nitrogens with zero attached hydrogens (tertiary/aromatic N) is 2. The number of alkyl carbamates (subject to hydrolysis) is 1. The fraction of sp³-hybridized carbons (Fsp3) is 0.487. The number of nitrogens with one attached hydrogen (secondary N) is 1. The molecule has 14 heteroatoms. The molecule has 0 radical (unpaired) electrons. The molecular formula is C39H47N3O10S. The Labute approximate surface area is 310 Å². The third-order valence-corrected chi connectivity index (χ3v) is 12.2. The van der Waals surface area contributed by atoms with Gasteiger partial charge in [0.25, 0.3) is 0 Å². The summed E-state index contributed by atoms with van der Waals surface area (Å²) in [6.45, 7) is 1.14. The van der Waals surface area contributed by atoms with Crippen molar-refractivity contribution in [1.82, 2.24) is 9.62 Å². The third-order valence-electron chi connectivity index (χ3n) is 10.3. The lowest BCUT2D eigenvalue weighted by molar-refractivity contribution is -0.0907. The SMILES string of the molecule is CN=Cc1cccc(COc2ccc(C[C@H](NC(=O)O[C@H]3CO[C@H]4OCC[C@H]43)[C@H](O)CN(CC3CCCC3)S(=O)(=O)c3ccc4c(c3)OCO4)cc2)c1. The molecule has 1 saturated carbocycles. The molecule has 1 aliphatic carbocycles. The molecule has 13 nitrogen and oxygen atoms in total. The van der Waals surface area contributed by atoms with Gasteiger partial charge in [-0.15, -0.1) is 0 Å². The van der Waals surface area contributed by atoms with Gasteiger partial charge >= 0.3 is 6.09 Å². The molecule has 0 spiro atoms. The van der Waals surface area contributed by atoms with Crippen molar-refractivity contribution in [2.24, 2.45) is 16.8 Å². The lowest BCUT2D eigenvalue weighted by Crippen LogP contribution is -2.51. The number of hydrogen-bond acceptors (Lipinski definition) is 11. The van der Waals surface area contributed by atoms with E-state index in [1.165, 1.54) is 16.4 Å². The van der Waals surface area contributed by atoms with Crippen molar-refractivity contribution in [3.05, 3.63) is 83.4 Å². The quantitative estimate of drug-likeness (QED) is 0.209. The smallest absolute Gasteiger partial charge is 0.407 e. The van der Waals surface area contributed by atoms with Crippen molar-refractivity contribution in [3.63, 3.8) is 0 Å². The number of carbonyl (C=O) groups excluding carboxylic acids is 1. The van der Waals surface area contributed by atoms with E-state index < -0.39 is 40.7 Å². The molecule has 2 saturated heterocycles. The van der Waals surface area contributed by atoms with Crippen LogP contribution in [0.1, 0.15) is 48.8 Å². The van der Waals surface area contributed by atoms with Crippen molar-refractivity contribution in [2.45, 2.75) is 74.6 Å². The van der Waals surface area contributed by atoms with Crippen molar-refractivity contribution in [3.8, 4) is 17.2 Å². The van der Waals surface area contributed by atoms with Crippen LogP contribution in [0.4, 0.5) is 4.79 Å². The molecule has 284 valence electrons. The van der Waals surface area contributed by atoms with E-state index in [4.69, 9.17) is 28.4 Å². The number of ether oxygens (including phenoxy) is 6. The highest BCUT2D eigenvalue weighted by Crippen LogP contribution is 2.36. The van der Waals surface area contributed by atoms with Gasteiger partial charge in [-0.25, -0.2) is 13.2 Å². The summed E-state index contributed by atoms with van der Waals surface area (Å²) in [4.78, 5) is 17.5. The highest BCUT2D eigenvalue weighted by molar-refractivity contribution is 7.89. The molecule has 3 fully saturated rings. The number of rotatable bonds is 15.